The summed E-state index contributed by atoms with van der Waals surface area (Å²) in [5, 5.41) is 0. The third-order valence-electron chi connectivity index (χ3n) is 3.99. The van der Waals surface area contributed by atoms with Crippen LogP contribution < -0.4 is 5.73 Å². The molecule has 0 bridgehead atoms. The molecule has 1 unspecified atom stereocenters. The fourth-order valence-corrected chi connectivity index (χ4v) is 4.54. The molecule has 1 saturated heterocycles. The average Bonchev–Trinajstić information content (AvgIpc) is 2.52. The van der Waals surface area contributed by atoms with E-state index in [9.17, 15) is 8.42 Å². The van der Waals surface area contributed by atoms with Crippen molar-refractivity contribution < 1.29 is 13.2 Å². The molecule has 17 heavy (non-hydrogen) atoms. The third kappa shape index (κ3) is 3.42. The van der Waals surface area contributed by atoms with E-state index < -0.39 is 9.84 Å². The first kappa shape index (κ1) is 13.3. The molecule has 0 aromatic heterocycles. The van der Waals surface area contributed by atoms with Crippen LogP contribution in [0.25, 0.3) is 0 Å². The molecule has 2 aliphatic rings. The maximum Gasteiger partial charge on any atom is 0.152 e. The molecule has 0 spiro atoms. The Bertz CT molecular complexity index is 345. The molecule has 0 aromatic carbocycles. The van der Waals surface area contributed by atoms with Gasteiger partial charge in [0, 0.05) is 6.54 Å². The summed E-state index contributed by atoms with van der Waals surface area (Å²) in [5.74, 6) is 0.465. The van der Waals surface area contributed by atoms with Crippen LogP contribution in [-0.4, -0.2) is 38.2 Å². The van der Waals surface area contributed by atoms with Gasteiger partial charge in [0.15, 0.2) is 9.84 Å². The van der Waals surface area contributed by atoms with Crippen molar-refractivity contribution in [2.75, 3.05) is 18.1 Å². The molecule has 1 aliphatic heterocycles. The minimum absolute atomic E-state index is 0.123. The van der Waals surface area contributed by atoms with Gasteiger partial charge in [-0.05, 0) is 19.3 Å². The molecule has 0 aromatic rings. The van der Waals surface area contributed by atoms with E-state index in [2.05, 4.69) is 0 Å². The zero-order valence-corrected chi connectivity index (χ0v) is 11.2. The Morgan fingerprint density at radius 3 is 2.29 bits per heavy atom. The summed E-state index contributed by atoms with van der Waals surface area (Å²) in [6.45, 7) is 0.517. The largest absolute Gasteiger partial charge is 0.369 e. The molecular weight excluding hydrogens is 238 g/mol. The van der Waals surface area contributed by atoms with Crippen LogP contribution in [0, 0.1) is 0 Å². The minimum Gasteiger partial charge on any atom is -0.369 e. The second-order valence-corrected chi connectivity index (χ2v) is 7.67. The van der Waals surface area contributed by atoms with E-state index in [1.165, 1.54) is 12.8 Å². The molecule has 2 rings (SSSR count). The molecule has 1 aliphatic carbocycles. The smallest absolute Gasteiger partial charge is 0.152 e. The predicted octanol–water partition coefficient (Wildman–Crippen LogP) is 1.24. The van der Waals surface area contributed by atoms with Gasteiger partial charge in [-0.15, -0.1) is 0 Å². The van der Waals surface area contributed by atoms with Crippen LogP contribution in [0.3, 0.4) is 0 Å². The molecule has 1 heterocycles. The molecule has 2 fully saturated rings. The van der Waals surface area contributed by atoms with Gasteiger partial charge in [0.1, 0.15) is 0 Å². The maximum absolute atomic E-state index is 11.4. The molecule has 1 saturated carbocycles. The standard InChI is InChI=1S/C12H23NO3S/c13-10-12(6-3-1-2-4-7-12)16-11-5-8-17(14,15)9-11/h11H,1-10,13H2. The molecule has 1 atom stereocenters. The van der Waals surface area contributed by atoms with Crippen LogP contribution in [0.2, 0.25) is 0 Å². The van der Waals surface area contributed by atoms with Gasteiger partial charge in [-0.3, -0.25) is 0 Å². The van der Waals surface area contributed by atoms with Gasteiger partial charge in [0.05, 0.1) is 23.2 Å². The lowest BCUT2D eigenvalue weighted by Crippen LogP contribution is -2.43. The molecule has 0 amide bonds. The van der Waals surface area contributed by atoms with E-state index in [0.29, 0.717) is 13.0 Å². The third-order valence-corrected chi connectivity index (χ3v) is 5.73. The molecule has 0 radical (unpaired) electrons. The van der Waals surface area contributed by atoms with Crippen molar-refractivity contribution in [3.8, 4) is 0 Å². The zero-order valence-electron chi connectivity index (χ0n) is 10.4. The second-order valence-electron chi connectivity index (χ2n) is 5.44. The van der Waals surface area contributed by atoms with Crippen molar-refractivity contribution in [2.45, 2.75) is 56.7 Å². The van der Waals surface area contributed by atoms with E-state index in [4.69, 9.17) is 10.5 Å². The van der Waals surface area contributed by atoms with Crippen LogP contribution in [0.5, 0.6) is 0 Å². The summed E-state index contributed by atoms with van der Waals surface area (Å²) >= 11 is 0. The summed E-state index contributed by atoms with van der Waals surface area (Å²) in [5.41, 5.74) is 5.63. The number of hydrogen-bond donors (Lipinski definition) is 1. The van der Waals surface area contributed by atoms with E-state index in [0.717, 1.165) is 25.7 Å². The number of ether oxygens (including phenoxy) is 1. The highest BCUT2D eigenvalue weighted by molar-refractivity contribution is 7.91. The summed E-state index contributed by atoms with van der Waals surface area (Å²) < 4.78 is 29.0. The van der Waals surface area contributed by atoms with Crippen molar-refractivity contribution >= 4 is 9.84 Å². The Hall–Kier alpha value is -0.130. The van der Waals surface area contributed by atoms with Gasteiger partial charge < -0.3 is 10.5 Å². The average molecular weight is 261 g/mol. The number of rotatable bonds is 3. The van der Waals surface area contributed by atoms with E-state index in [-0.39, 0.29) is 23.2 Å². The van der Waals surface area contributed by atoms with Crippen LogP contribution in [0.4, 0.5) is 0 Å². The number of nitrogens with two attached hydrogens (primary N) is 1. The van der Waals surface area contributed by atoms with Crippen molar-refractivity contribution in [2.24, 2.45) is 5.73 Å². The Morgan fingerprint density at radius 1 is 1.18 bits per heavy atom. The zero-order chi connectivity index (χ0) is 12.4. The SMILES string of the molecule is NCC1(OC2CCS(=O)(=O)C2)CCCCCC1. The van der Waals surface area contributed by atoms with E-state index >= 15 is 0 Å². The molecule has 4 nitrogen and oxygen atoms in total. The normalized spacial score (nSPS) is 32.2. The highest BCUT2D eigenvalue weighted by Gasteiger charge is 2.37. The first-order valence-corrected chi connectivity index (χ1v) is 8.46. The van der Waals surface area contributed by atoms with Gasteiger partial charge in [-0.1, -0.05) is 25.7 Å². The molecule has 100 valence electrons. The van der Waals surface area contributed by atoms with Gasteiger partial charge in [0.25, 0.3) is 0 Å². The Labute approximate surface area is 104 Å². The maximum atomic E-state index is 11.4. The monoisotopic (exact) mass is 261 g/mol. The highest BCUT2D eigenvalue weighted by atomic mass is 32.2. The fraction of sp³-hybridized carbons (Fsp3) is 1.00. The van der Waals surface area contributed by atoms with Crippen molar-refractivity contribution in [1.29, 1.82) is 0 Å². The van der Waals surface area contributed by atoms with Gasteiger partial charge in [-0.25, -0.2) is 8.42 Å². The second kappa shape index (κ2) is 5.24. The van der Waals surface area contributed by atoms with E-state index in [1.807, 2.05) is 0 Å². The predicted molar refractivity (Wildman–Crippen MR) is 67.6 cm³/mol. The first-order valence-electron chi connectivity index (χ1n) is 6.64. The summed E-state index contributed by atoms with van der Waals surface area (Å²) in [6.07, 6.45) is 7.28. The molecule has 2 N–H and O–H groups in total. The first-order chi connectivity index (χ1) is 8.05. The topological polar surface area (TPSA) is 69.4 Å². The Kier molecular flexibility index (Phi) is 4.10. The lowest BCUT2D eigenvalue weighted by molar-refractivity contribution is -0.0867. The van der Waals surface area contributed by atoms with Gasteiger partial charge in [-0.2, -0.15) is 0 Å². The van der Waals surface area contributed by atoms with Crippen LogP contribution in [-0.2, 0) is 14.6 Å². The summed E-state index contributed by atoms with van der Waals surface area (Å²) in [7, 11) is -2.86. The van der Waals surface area contributed by atoms with Crippen LogP contribution >= 0.6 is 0 Å². The van der Waals surface area contributed by atoms with Crippen molar-refractivity contribution in [3.63, 3.8) is 0 Å². The lowest BCUT2D eigenvalue weighted by Gasteiger charge is -2.34. The van der Waals surface area contributed by atoms with Crippen molar-refractivity contribution in [1.82, 2.24) is 0 Å². The minimum atomic E-state index is -2.86. The fourth-order valence-electron chi connectivity index (χ4n) is 2.95. The molecule has 5 heteroatoms. The quantitative estimate of drug-likeness (QED) is 0.776. The van der Waals surface area contributed by atoms with Crippen molar-refractivity contribution in [3.05, 3.63) is 0 Å². The summed E-state index contributed by atoms with van der Waals surface area (Å²) in [4.78, 5) is 0. The highest BCUT2D eigenvalue weighted by Crippen LogP contribution is 2.32. The Morgan fingerprint density at radius 2 is 1.82 bits per heavy atom. The lowest BCUT2D eigenvalue weighted by atomic mass is 9.94. The number of hydrogen-bond acceptors (Lipinski definition) is 4. The van der Waals surface area contributed by atoms with Crippen LogP contribution in [0.1, 0.15) is 44.9 Å². The van der Waals surface area contributed by atoms with Crippen LogP contribution in [0.15, 0.2) is 0 Å². The number of sulfone groups is 1. The van der Waals surface area contributed by atoms with Gasteiger partial charge in [0.2, 0.25) is 0 Å². The summed E-state index contributed by atoms with van der Waals surface area (Å²) in [6, 6.07) is 0. The Balaban J connectivity index is 1.99. The van der Waals surface area contributed by atoms with Gasteiger partial charge >= 0.3 is 0 Å². The van der Waals surface area contributed by atoms with E-state index in [1.54, 1.807) is 0 Å². The molecular formula is C12H23NO3S.